The van der Waals surface area contributed by atoms with Crippen molar-refractivity contribution in [2.75, 3.05) is 26.4 Å². The highest BCUT2D eigenvalue weighted by molar-refractivity contribution is 5.76. The number of rotatable bonds is 67. The van der Waals surface area contributed by atoms with Gasteiger partial charge in [0, 0.05) is 6.42 Å². The molecule has 606 valence electrons. The molecular weight excluding hydrogens is 1320 g/mol. The maximum absolute atomic E-state index is 13.5. The van der Waals surface area contributed by atoms with Gasteiger partial charge in [-0.1, -0.05) is 331 Å². The van der Waals surface area contributed by atoms with E-state index < -0.39 is 124 Å². The Kier molecular flexibility index (Phi) is 59.6. The molecule has 0 aromatic carbocycles. The third-order valence-corrected chi connectivity index (χ3v) is 20.8. The number of allylic oxidation sites excluding steroid dienone is 12. The minimum Gasteiger partial charge on any atom is -0.394 e. The molecule has 0 bridgehead atoms. The van der Waals surface area contributed by atoms with E-state index in [1.165, 1.54) is 212 Å². The minimum absolute atomic E-state index is 0.240. The SMILES string of the molecule is CC/C=C\C/C=C\C/C=C\C/C=C\C/C=C\C/C=C\CCCCCCCCCCCCCCCCCCC(=O)NC(COC1OC(CO)C(OC2OC(CO)C(OC3OC(CO)C(O)C(O)C3O)C(O)C2O)C(O)C1O)C(O)CCCCCCCCCCCCCCCCCCCCCCCCCC. The van der Waals surface area contributed by atoms with Crippen LogP contribution in [0, 0.1) is 0 Å². The molecule has 0 aromatic heterocycles. The molecule has 0 spiro atoms. The Morgan fingerprint density at radius 3 is 1.04 bits per heavy atom. The summed E-state index contributed by atoms with van der Waals surface area (Å²) < 4.78 is 34.6. The van der Waals surface area contributed by atoms with E-state index in [9.17, 15) is 61.0 Å². The zero-order valence-corrected chi connectivity index (χ0v) is 65.0. The van der Waals surface area contributed by atoms with Crippen molar-refractivity contribution in [3.63, 3.8) is 0 Å². The fourth-order valence-electron chi connectivity index (χ4n) is 14.1. The zero-order chi connectivity index (χ0) is 75.3. The van der Waals surface area contributed by atoms with E-state index in [0.29, 0.717) is 12.8 Å². The second-order valence-corrected chi connectivity index (χ2v) is 29.9. The first-order chi connectivity index (χ1) is 50.8. The lowest BCUT2D eigenvalue weighted by atomic mass is 9.96. The van der Waals surface area contributed by atoms with Gasteiger partial charge in [0.15, 0.2) is 18.9 Å². The summed E-state index contributed by atoms with van der Waals surface area (Å²) in [6.07, 6.45) is 58.4. The molecule has 0 aliphatic carbocycles. The van der Waals surface area contributed by atoms with Gasteiger partial charge >= 0.3 is 0 Å². The van der Waals surface area contributed by atoms with Crippen molar-refractivity contribution in [1.82, 2.24) is 5.32 Å². The molecule has 3 heterocycles. The molecule has 0 saturated carbocycles. The first-order valence-corrected chi connectivity index (χ1v) is 42.2. The lowest BCUT2D eigenvalue weighted by Crippen LogP contribution is -2.66. The number of carbonyl (C=O) groups is 1. The van der Waals surface area contributed by atoms with Crippen LogP contribution in [0.3, 0.4) is 0 Å². The molecule has 3 aliphatic heterocycles. The average Bonchev–Trinajstić information content (AvgIpc) is 0.783. The maximum Gasteiger partial charge on any atom is 0.220 e. The predicted molar refractivity (Wildman–Crippen MR) is 415 cm³/mol. The van der Waals surface area contributed by atoms with Gasteiger partial charge in [0.2, 0.25) is 5.91 Å². The molecule has 19 heteroatoms. The van der Waals surface area contributed by atoms with E-state index in [2.05, 4.69) is 92.1 Å². The van der Waals surface area contributed by atoms with Crippen molar-refractivity contribution in [1.29, 1.82) is 0 Å². The molecule has 12 N–H and O–H groups in total. The summed E-state index contributed by atoms with van der Waals surface area (Å²) in [6.45, 7) is 1.73. The Bertz CT molecular complexity index is 2160. The summed E-state index contributed by atoms with van der Waals surface area (Å²) in [4.78, 5) is 13.5. The van der Waals surface area contributed by atoms with Gasteiger partial charge in [-0.3, -0.25) is 4.79 Å². The predicted octanol–water partition coefficient (Wildman–Crippen LogP) is 14.8. The number of aliphatic hydroxyl groups excluding tert-OH is 11. The molecule has 0 radical (unpaired) electrons. The van der Waals surface area contributed by atoms with Gasteiger partial charge in [-0.15, -0.1) is 0 Å². The van der Waals surface area contributed by atoms with Crippen LogP contribution in [-0.4, -0.2) is 193 Å². The number of hydrogen-bond donors (Lipinski definition) is 12. The van der Waals surface area contributed by atoms with Gasteiger partial charge < -0.3 is 89.9 Å². The van der Waals surface area contributed by atoms with Crippen molar-refractivity contribution in [3.8, 4) is 0 Å². The Balaban J connectivity index is 1.34. The standard InChI is InChI=1S/C85H153NO18/c1-3-5-7-9-11-13-15-17-19-21-23-25-27-29-30-31-32-33-34-35-36-37-38-39-41-43-45-47-49-51-53-55-57-59-61-63-73(91)86-68(69(90)62-60-58-56-54-52-50-48-46-44-42-40-28-26-24-22-20-18-16-14-12-10-8-6-4-2)67-99-83-79(97)76(94)81(71(65-88)101-83)104-85-80(98)77(95)82(72(66-89)102-85)103-84-78(96)75(93)74(92)70(64-87)100-84/h5,7,11,13,17,19,23,25,29-30,32-33,68-72,74-85,87-90,92-98H,3-4,6,8-10,12,14-16,18,20-22,24,26-28,31,34-67H2,1-2H3,(H,86,91)/b7-5-,13-11-,19-17-,25-23-,30-29-,33-32-. The van der Waals surface area contributed by atoms with E-state index >= 15 is 0 Å². The number of carbonyl (C=O) groups excluding carboxylic acids is 1. The summed E-state index contributed by atoms with van der Waals surface area (Å²) in [5, 5.41) is 121. The molecule has 3 fully saturated rings. The molecule has 19 nitrogen and oxygen atoms in total. The van der Waals surface area contributed by atoms with E-state index in [0.717, 1.165) is 83.5 Å². The van der Waals surface area contributed by atoms with Crippen molar-refractivity contribution in [2.24, 2.45) is 0 Å². The number of ether oxygens (including phenoxy) is 6. The Morgan fingerprint density at radius 2 is 0.663 bits per heavy atom. The van der Waals surface area contributed by atoms with Gasteiger partial charge in [0.25, 0.3) is 0 Å². The fraction of sp³-hybridized carbons (Fsp3) is 0.847. The van der Waals surface area contributed by atoms with Crippen molar-refractivity contribution >= 4 is 5.91 Å². The topological polar surface area (TPSA) is 307 Å². The van der Waals surface area contributed by atoms with Gasteiger partial charge in [0.05, 0.1) is 38.6 Å². The largest absolute Gasteiger partial charge is 0.394 e. The van der Waals surface area contributed by atoms with Gasteiger partial charge in [-0.2, -0.15) is 0 Å². The Labute approximate surface area is 629 Å². The van der Waals surface area contributed by atoms with E-state index in [-0.39, 0.29) is 18.9 Å². The smallest absolute Gasteiger partial charge is 0.220 e. The second kappa shape index (κ2) is 65.0. The zero-order valence-electron chi connectivity index (χ0n) is 65.0. The monoisotopic (exact) mass is 1480 g/mol. The van der Waals surface area contributed by atoms with E-state index in [4.69, 9.17) is 28.4 Å². The highest BCUT2D eigenvalue weighted by Crippen LogP contribution is 2.33. The quantitative estimate of drug-likeness (QED) is 0.0199. The number of amides is 1. The minimum atomic E-state index is -1.97. The van der Waals surface area contributed by atoms with Gasteiger partial charge in [-0.25, -0.2) is 0 Å². The molecule has 104 heavy (non-hydrogen) atoms. The Morgan fingerprint density at radius 1 is 0.356 bits per heavy atom. The average molecular weight is 1480 g/mol. The number of unbranched alkanes of at least 4 members (excludes halogenated alkanes) is 39. The third-order valence-electron chi connectivity index (χ3n) is 20.8. The van der Waals surface area contributed by atoms with Crippen LogP contribution in [0.15, 0.2) is 72.9 Å². The van der Waals surface area contributed by atoms with Crippen LogP contribution in [0.5, 0.6) is 0 Å². The molecular formula is C85H153NO18. The molecule has 3 saturated heterocycles. The summed E-state index contributed by atoms with van der Waals surface area (Å²) in [5.74, 6) is -0.240. The maximum atomic E-state index is 13.5. The normalized spacial score (nSPS) is 26.3. The van der Waals surface area contributed by atoms with Crippen LogP contribution in [-0.2, 0) is 33.2 Å². The highest BCUT2D eigenvalue weighted by Gasteiger charge is 2.54. The highest BCUT2D eigenvalue weighted by atomic mass is 16.8. The van der Waals surface area contributed by atoms with Gasteiger partial charge in [0.1, 0.15) is 73.2 Å². The van der Waals surface area contributed by atoms with Crippen LogP contribution in [0.4, 0.5) is 0 Å². The summed E-state index contributed by atoms with van der Waals surface area (Å²) in [5.41, 5.74) is 0. The molecule has 0 aromatic rings. The molecule has 3 aliphatic rings. The summed E-state index contributed by atoms with van der Waals surface area (Å²) in [6, 6.07) is -0.891. The molecule has 3 rings (SSSR count). The first-order valence-electron chi connectivity index (χ1n) is 42.2. The third kappa shape index (κ3) is 44.2. The van der Waals surface area contributed by atoms with Crippen LogP contribution >= 0.6 is 0 Å². The van der Waals surface area contributed by atoms with Gasteiger partial charge in [-0.05, 0) is 64.2 Å². The van der Waals surface area contributed by atoms with E-state index in [1.807, 2.05) is 0 Å². The van der Waals surface area contributed by atoms with Crippen LogP contribution in [0.1, 0.15) is 328 Å². The first kappa shape index (κ1) is 95.4. The summed E-state index contributed by atoms with van der Waals surface area (Å²) >= 11 is 0. The van der Waals surface area contributed by atoms with E-state index in [1.54, 1.807) is 0 Å². The number of nitrogens with one attached hydrogen (secondary N) is 1. The Hall–Kier alpha value is -2.77. The van der Waals surface area contributed by atoms with Crippen molar-refractivity contribution in [2.45, 2.75) is 433 Å². The van der Waals surface area contributed by atoms with Crippen LogP contribution in [0.25, 0.3) is 0 Å². The van der Waals surface area contributed by atoms with Crippen LogP contribution in [0.2, 0.25) is 0 Å². The number of hydrogen-bond acceptors (Lipinski definition) is 18. The molecule has 17 unspecified atom stereocenters. The lowest BCUT2D eigenvalue weighted by Gasteiger charge is -2.48. The second-order valence-electron chi connectivity index (χ2n) is 29.9. The summed E-state index contributed by atoms with van der Waals surface area (Å²) in [7, 11) is 0. The lowest BCUT2D eigenvalue weighted by molar-refractivity contribution is -0.379. The fourth-order valence-corrected chi connectivity index (χ4v) is 14.1. The van der Waals surface area contributed by atoms with Crippen molar-refractivity contribution in [3.05, 3.63) is 72.9 Å². The number of aliphatic hydroxyl groups is 11. The molecule has 17 atom stereocenters. The van der Waals surface area contributed by atoms with Crippen LogP contribution < -0.4 is 5.32 Å². The van der Waals surface area contributed by atoms with Crippen molar-refractivity contribution < 1.29 is 89.4 Å². The molecule has 1 amide bonds.